The van der Waals surface area contributed by atoms with Crippen molar-refractivity contribution in [2.75, 3.05) is 25.6 Å². The van der Waals surface area contributed by atoms with Crippen LogP contribution in [0.5, 0.6) is 0 Å². The van der Waals surface area contributed by atoms with Gasteiger partial charge in [-0.25, -0.2) is 15.0 Å². The molecule has 0 aliphatic heterocycles. The maximum Gasteiger partial charge on any atom is 0.500 e. The van der Waals surface area contributed by atoms with Crippen LogP contribution >= 0.6 is 0 Å². The fraction of sp³-hybridized carbons (Fsp3) is 0.773. The lowest BCUT2D eigenvalue weighted by Gasteiger charge is -2.28. The van der Waals surface area contributed by atoms with Gasteiger partial charge in [0.05, 0.1) is 6.33 Å². The van der Waals surface area contributed by atoms with Gasteiger partial charge in [-0.2, -0.15) is 0 Å². The number of hydrogen-bond donors (Lipinski definition) is 1. The van der Waals surface area contributed by atoms with Gasteiger partial charge in [0.15, 0.2) is 11.5 Å². The number of aryl methyl sites for hydroxylation is 1. The summed E-state index contributed by atoms with van der Waals surface area (Å²) in [6.07, 6.45) is 14.5. The summed E-state index contributed by atoms with van der Waals surface area (Å²) in [4.78, 5) is 12.6. The topological polar surface area (TPSA) is 97.3 Å². The standard InChI is InChI=1S/C22H41N5O3Si/c1-4-28-31(29-5-2,30-6-3)17-15-13-11-9-7-8-10-12-14-16-27-19-26-20-21(23)24-18-25-22(20)27/h18-19H,4-17H2,1-3H3,(H2,23,24,25). The monoisotopic (exact) mass is 451 g/mol. The minimum Gasteiger partial charge on any atom is -0.382 e. The summed E-state index contributed by atoms with van der Waals surface area (Å²) < 4.78 is 19.8. The van der Waals surface area contributed by atoms with Gasteiger partial charge in [0, 0.05) is 32.4 Å². The first-order chi connectivity index (χ1) is 15.2. The van der Waals surface area contributed by atoms with Crippen LogP contribution in [0.4, 0.5) is 5.82 Å². The molecule has 0 aliphatic carbocycles. The number of nitrogens with two attached hydrogens (primary N) is 1. The fourth-order valence-electron chi connectivity index (χ4n) is 3.92. The van der Waals surface area contributed by atoms with Crippen molar-refractivity contribution < 1.29 is 13.3 Å². The number of aromatic nitrogens is 4. The zero-order valence-corrected chi connectivity index (χ0v) is 20.6. The van der Waals surface area contributed by atoms with Crippen molar-refractivity contribution in [3.8, 4) is 0 Å². The Morgan fingerprint density at radius 3 is 1.90 bits per heavy atom. The number of fused-ring (bicyclic) bond motifs is 1. The van der Waals surface area contributed by atoms with Gasteiger partial charge in [-0.05, 0) is 33.6 Å². The third-order valence-corrected chi connectivity index (χ3v) is 8.56. The van der Waals surface area contributed by atoms with Crippen LogP contribution in [0.25, 0.3) is 11.2 Å². The second-order valence-corrected chi connectivity index (χ2v) is 10.5. The minimum atomic E-state index is -2.45. The third-order valence-electron chi connectivity index (χ3n) is 5.40. The van der Waals surface area contributed by atoms with Crippen molar-refractivity contribution in [3.63, 3.8) is 0 Å². The van der Waals surface area contributed by atoms with E-state index in [2.05, 4.69) is 19.5 Å². The largest absolute Gasteiger partial charge is 0.500 e. The molecule has 2 aromatic heterocycles. The summed E-state index contributed by atoms with van der Waals surface area (Å²) >= 11 is 0. The van der Waals surface area contributed by atoms with E-state index in [0.717, 1.165) is 31.1 Å². The summed E-state index contributed by atoms with van der Waals surface area (Å²) in [5.74, 6) is 0.449. The highest BCUT2D eigenvalue weighted by molar-refractivity contribution is 6.60. The average Bonchev–Trinajstić information content (AvgIpc) is 3.17. The molecule has 31 heavy (non-hydrogen) atoms. The van der Waals surface area contributed by atoms with Crippen molar-refractivity contribution in [1.82, 2.24) is 19.5 Å². The van der Waals surface area contributed by atoms with Crippen LogP contribution in [0, 0.1) is 0 Å². The Morgan fingerprint density at radius 1 is 0.774 bits per heavy atom. The highest BCUT2D eigenvalue weighted by atomic mass is 28.4. The number of hydrogen-bond acceptors (Lipinski definition) is 7. The maximum absolute atomic E-state index is 5.92. The molecule has 0 radical (unpaired) electrons. The van der Waals surface area contributed by atoms with Crippen LogP contribution < -0.4 is 5.73 Å². The number of imidazole rings is 1. The van der Waals surface area contributed by atoms with Gasteiger partial charge in [0.2, 0.25) is 0 Å². The number of unbranched alkanes of at least 4 members (excludes halogenated alkanes) is 8. The van der Waals surface area contributed by atoms with Crippen molar-refractivity contribution >= 4 is 25.8 Å². The predicted octanol–water partition coefficient (Wildman–Crippen LogP) is 4.97. The Hall–Kier alpha value is -1.55. The normalized spacial score (nSPS) is 12.1. The lowest BCUT2D eigenvalue weighted by atomic mass is 10.1. The van der Waals surface area contributed by atoms with Crippen molar-refractivity contribution in [3.05, 3.63) is 12.7 Å². The molecular weight excluding hydrogens is 410 g/mol. The molecule has 0 amide bonds. The lowest BCUT2D eigenvalue weighted by Crippen LogP contribution is -2.45. The number of nitrogens with zero attached hydrogens (tertiary/aromatic N) is 4. The zero-order valence-electron chi connectivity index (χ0n) is 19.6. The van der Waals surface area contributed by atoms with Gasteiger partial charge >= 0.3 is 8.80 Å². The second-order valence-electron chi connectivity index (χ2n) is 7.78. The predicted molar refractivity (Wildman–Crippen MR) is 127 cm³/mol. The van der Waals surface area contributed by atoms with E-state index >= 15 is 0 Å². The van der Waals surface area contributed by atoms with Crippen LogP contribution in [-0.2, 0) is 19.8 Å². The van der Waals surface area contributed by atoms with E-state index in [1.54, 1.807) is 0 Å². The average molecular weight is 452 g/mol. The summed E-state index contributed by atoms with van der Waals surface area (Å²) in [5, 5.41) is 0. The first-order valence-corrected chi connectivity index (χ1v) is 13.9. The SMILES string of the molecule is CCO[Si](CCCCCCCCCCCn1cnc2c(N)ncnc21)(OCC)OCC. The van der Waals surface area contributed by atoms with E-state index in [4.69, 9.17) is 19.0 Å². The Bertz CT molecular complexity index is 726. The molecule has 0 aromatic carbocycles. The molecule has 0 saturated heterocycles. The smallest absolute Gasteiger partial charge is 0.382 e. The molecule has 0 aliphatic rings. The quantitative estimate of drug-likeness (QED) is 0.252. The molecule has 0 atom stereocenters. The van der Waals surface area contributed by atoms with Crippen LogP contribution in [0.3, 0.4) is 0 Å². The first-order valence-electron chi connectivity index (χ1n) is 12.0. The fourth-order valence-corrected chi connectivity index (χ4v) is 6.61. The maximum atomic E-state index is 5.92. The molecule has 9 heteroatoms. The van der Waals surface area contributed by atoms with Crippen molar-refractivity contribution in [1.29, 1.82) is 0 Å². The van der Waals surface area contributed by atoms with Gasteiger partial charge in [-0.15, -0.1) is 0 Å². The van der Waals surface area contributed by atoms with Gasteiger partial charge in [0.1, 0.15) is 11.8 Å². The molecule has 2 aromatic rings. The minimum absolute atomic E-state index is 0.449. The number of nitrogen functional groups attached to an aromatic ring is 1. The van der Waals surface area contributed by atoms with E-state index in [1.165, 1.54) is 51.3 Å². The molecule has 0 spiro atoms. The molecule has 8 nitrogen and oxygen atoms in total. The molecule has 0 fully saturated rings. The van der Waals surface area contributed by atoms with Gasteiger partial charge < -0.3 is 23.6 Å². The Kier molecular flexibility index (Phi) is 12.0. The molecule has 0 unspecified atom stereocenters. The van der Waals surface area contributed by atoms with Crippen LogP contribution in [-0.4, -0.2) is 48.1 Å². The van der Waals surface area contributed by atoms with Gasteiger partial charge in [0.25, 0.3) is 0 Å². The molecule has 2 rings (SSSR count). The second kappa shape index (κ2) is 14.5. The van der Waals surface area contributed by atoms with E-state index < -0.39 is 8.80 Å². The van der Waals surface area contributed by atoms with Gasteiger partial charge in [-0.1, -0.05) is 44.9 Å². The van der Waals surface area contributed by atoms with E-state index in [9.17, 15) is 0 Å². The molecule has 2 N–H and O–H groups in total. The number of anilines is 1. The lowest BCUT2D eigenvalue weighted by molar-refractivity contribution is 0.0706. The Labute approximate surface area is 188 Å². The Morgan fingerprint density at radius 2 is 1.32 bits per heavy atom. The van der Waals surface area contributed by atoms with Crippen LogP contribution in [0.1, 0.15) is 78.6 Å². The first kappa shape index (κ1) is 25.7. The van der Waals surface area contributed by atoms with E-state index in [-0.39, 0.29) is 0 Å². The summed E-state index contributed by atoms with van der Waals surface area (Å²) in [7, 11) is -2.45. The van der Waals surface area contributed by atoms with E-state index in [1.807, 2.05) is 27.1 Å². The van der Waals surface area contributed by atoms with Crippen LogP contribution in [0.15, 0.2) is 12.7 Å². The third kappa shape index (κ3) is 8.48. The zero-order chi connectivity index (χ0) is 22.4. The summed E-state index contributed by atoms with van der Waals surface area (Å²) in [6, 6.07) is 0.933. The number of rotatable bonds is 18. The van der Waals surface area contributed by atoms with Crippen molar-refractivity contribution in [2.45, 2.75) is 91.1 Å². The Balaban J connectivity index is 1.51. The summed E-state index contributed by atoms with van der Waals surface area (Å²) in [5.41, 5.74) is 7.37. The van der Waals surface area contributed by atoms with Crippen molar-refractivity contribution in [2.24, 2.45) is 0 Å². The van der Waals surface area contributed by atoms with E-state index in [0.29, 0.717) is 31.2 Å². The highest BCUT2D eigenvalue weighted by Crippen LogP contribution is 2.21. The molecule has 0 bridgehead atoms. The molecule has 176 valence electrons. The van der Waals surface area contributed by atoms with Gasteiger partial charge in [-0.3, -0.25) is 0 Å². The molecule has 2 heterocycles. The van der Waals surface area contributed by atoms with Crippen LogP contribution in [0.2, 0.25) is 6.04 Å². The summed E-state index contributed by atoms with van der Waals surface area (Å²) in [6.45, 7) is 8.95. The highest BCUT2D eigenvalue weighted by Gasteiger charge is 2.39. The molecule has 0 saturated carbocycles. The molecular formula is C22H41N5O3Si.